The number of halogens is 1. The fourth-order valence-corrected chi connectivity index (χ4v) is 1.10. The van der Waals surface area contributed by atoms with Crippen molar-refractivity contribution in [3.05, 3.63) is 35.9 Å². The first kappa shape index (κ1) is 8.47. The first-order valence-corrected chi connectivity index (χ1v) is 4.17. The van der Waals surface area contributed by atoms with Gasteiger partial charge in [0.1, 0.15) is 10.6 Å². The van der Waals surface area contributed by atoms with Crippen LogP contribution < -0.4 is 0 Å². The van der Waals surface area contributed by atoms with Gasteiger partial charge < -0.3 is 4.79 Å². The van der Waals surface area contributed by atoms with Crippen molar-refractivity contribution in [2.45, 2.75) is 11.2 Å². The number of carbonyl (C=O) groups is 1. The van der Waals surface area contributed by atoms with E-state index in [9.17, 15) is 4.79 Å². The lowest BCUT2D eigenvalue weighted by molar-refractivity contribution is -0.109. The van der Waals surface area contributed by atoms with Crippen molar-refractivity contribution in [2.24, 2.45) is 0 Å². The van der Waals surface area contributed by atoms with E-state index in [0.29, 0.717) is 0 Å². The van der Waals surface area contributed by atoms with Gasteiger partial charge in [0.15, 0.2) is 0 Å². The number of aldehydes is 1. The molecule has 1 aromatic rings. The van der Waals surface area contributed by atoms with Crippen LogP contribution in [0, 0.1) is 0 Å². The summed E-state index contributed by atoms with van der Waals surface area (Å²) < 4.78 is -0.533. The highest BCUT2D eigenvalue weighted by Gasteiger charge is 2.20. The summed E-state index contributed by atoms with van der Waals surface area (Å²) in [5.74, 6) is 0. The Bertz CT molecular complexity index is 241. The van der Waals surface area contributed by atoms with Gasteiger partial charge in [-0.15, -0.1) is 0 Å². The third kappa shape index (κ3) is 1.90. The maximum atomic E-state index is 10.6. The molecule has 2 heteroatoms. The largest absolute Gasteiger partial charge is 0.301 e. The highest BCUT2D eigenvalue weighted by Crippen LogP contribution is 2.27. The topological polar surface area (TPSA) is 17.1 Å². The molecule has 0 fully saturated rings. The van der Waals surface area contributed by atoms with Crippen molar-refractivity contribution >= 4 is 22.2 Å². The Kier molecular flexibility index (Phi) is 2.45. The first-order chi connectivity index (χ1) is 5.17. The Morgan fingerprint density at radius 2 is 1.91 bits per heavy atom. The molecule has 1 unspecified atom stereocenters. The lowest BCUT2D eigenvalue weighted by atomic mass is 10.0. The average Bonchev–Trinajstić information content (AvgIpc) is 2.06. The SMILES string of the molecule is CC(Br)(C=O)c1ccccc1. The number of benzene rings is 1. The summed E-state index contributed by atoms with van der Waals surface area (Å²) in [7, 11) is 0. The molecule has 0 aliphatic rings. The fourth-order valence-electron chi connectivity index (χ4n) is 0.832. The van der Waals surface area contributed by atoms with Gasteiger partial charge in [0, 0.05) is 0 Å². The van der Waals surface area contributed by atoms with Crippen molar-refractivity contribution in [3.8, 4) is 0 Å². The molecular formula is C9H9BrO. The van der Waals surface area contributed by atoms with Gasteiger partial charge in [-0.25, -0.2) is 0 Å². The summed E-state index contributed by atoms with van der Waals surface area (Å²) in [5.41, 5.74) is 0.981. The van der Waals surface area contributed by atoms with E-state index in [1.807, 2.05) is 37.3 Å². The second-order valence-corrected chi connectivity index (χ2v) is 4.21. The quantitative estimate of drug-likeness (QED) is 0.544. The van der Waals surface area contributed by atoms with E-state index >= 15 is 0 Å². The summed E-state index contributed by atoms with van der Waals surface area (Å²) in [6, 6.07) is 9.60. The molecule has 0 amide bonds. The van der Waals surface area contributed by atoms with E-state index in [1.54, 1.807) is 0 Å². The van der Waals surface area contributed by atoms with Crippen LogP contribution in [0.15, 0.2) is 30.3 Å². The zero-order valence-corrected chi connectivity index (χ0v) is 7.84. The lowest BCUT2D eigenvalue weighted by Gasteiger charge is -2.13. The maximum absolute atomic E-state index is 10.6. The smallest absolute Gasteiger partial charge is 0.140 e. The Balaban J connectivity index is 3.02. The summed E-state index contributed by atoms with van der Waals surface area (Å²) in [6.45, 7) is 1.83. The Hall–Kier alpha value is -0.630. The fraction of sp³-hybridized carbons (Fsp3) is 0.222. The van der Waals surface area contributed by atoms with Crippen molar-refractivity contribution in [2.75, 3.05) is 0 Å². The first-order valence-electron chi connectivity index (χ1n) is 3.37. The van der Waals surface area contributed by atoms with Crippen LogP contribution in [0.3, 0.4) is 0 Å². The highest BCUT2D eigenvalue weighted by atomic mass is 79.9. The van der Waals surface area contributed by atoms with Gasteiger partial charge in [-0.3, -0.25) is 0 Å². The third-order valence-corrected chi connectivity index (χ3v) is 2.20. The zero-order valence-electron chi connectivity index (χ0n) is 6.25. The Morgan fingerprint density at radius 3 is 2.36 bits per heavy atom. The molecule has 0 heterocycles. The van der Waals surface area contributed by atoms with Crippen LogP contribution in [-0.2, 0) is 9.12 Å². The van der Waals surface area contributed by atoms with Crippen molar-refractivity contribution in [3.63, 3.8) is 0 Å². The molecular weight excluding hydrogens is 204 g/mol. The van der Waals surface area contributed by atoms with Gasteiger partial charge in [0.25, 0.3) is 0 Å². The molecule has 0 saturated heterocycles. The van der Waals surface area contributed by atoms with Crippen LogP contribution in [0.1, 0.15) is 12.5 Å². The van der Waals surface area contributed by atoms with E-state index < -0.39 is 4.32 Å². The van der Waals surface area contributed by atoms with Gasteiger partial charge in [-0.05, 0) is 12.5 Å². The predicted molar refractivity (Wildman–Crippen MR) is 48.8 cm³/mol. The molecule has 0 aliphatic carbocycles. The number of alkyl halides is 1. The van der Waals surface area contributed by atoms with Crippen molar-refractivity contribution in [1.29, 1.82) is 0 Å². The second kappa shape index (κ2) is 3.18. The number of rotatable bonds is 2. The standard InChI is InChI=1S/C9H9BrO/c1-9(10,7-11)8-5-3-2-4-6-8/h2-7H,1H3. The minimum absolute atomic E-state index is 0.533. The molecule has 0 aliphatic heterocycles. The van der Waals surface area contributed by atoms with Gasteiger partial charge in [0.2, 0.25) is 0 Å². The minimum atomic E-state index is -0.533. The molecule has 0 saturated carbocycles. The van der Waals surface area contributed by atoms with E-state index in [4.69, 9.17) is 0 Å². The van der Waals surface area contributed by atoms with Gasteiger partial charge >= 0.3 is 0 Å². The number of hydrogen-bond acceptors (Lipinski definition) is 1. The van der Waals surface area contributed by atoms with Gasteiger partial charge in [0.05, 0.1) is 0 Å². The predicted octanol–water partition coefficient (Wildman–Crippen LogP) is 2.50. The van der Waals surface area contributed by atoms with E-state index in [-0.39, 0.29) is 0 Å². The number of carbonyl (C=O) groups excluding carboxylic acids is 1. The van der Waals surface area contributed by atoms with Crippen LogP contribution in [0.5, 0.6) is 0 Å². The maximum Gasteiger partial charge on any atom is 0.140 e. The molecule has 1 nitrogen and oxygen atoms in total. The Labute approximate surface area is 74.6 Å². The number of hydrogen-bond donors (Lipinski definition) is 0. The molecule has 58 valence electrons. The van der Waals surface area contributed by atoms with Crippen LogP contribution in [0.2, 0.25) is 0 Å². The van der Waals surface area contributed by atoms with Crippen molar-refractivity contribution < 1.29 is 4.79 Å². The lowest BCUT2D eigenvalue weighted by Crippen LogP contribution is -2.13. The summed E-state index contributed by atoms with van der Waals surface area (Å²) in [5, 5.41) is 0. The second-order valence-electron chi connectivity index (χ2n) is 2.56. The van der Waals surface area contributed by atoms with Crippen molar-refractivity contribution in [1.82, 2.24) is 0 Å². The summed E-state index contributed by atoms with van der Waals surface area (Å²) >= 11 is 3.32. The van der Waals surface area contributed by atoms with Gasteiger partial charge in [-0.2, -0.15) is 0 Å². The van der Waals surface area contributed by atoms with E-state index in [1.165, 1.54) is 0 Å². The molecule has 0 radical (unpaired) electrons. The molecule has 1 aromatic carbocycles. The summed E-state index contributed by atoms with van der Waals surface area (Å²) in [4.78, 5) is 10.6. The molecule has 0 spiro atoms. The van der Waals surface area contributed by atoms with E-state index in [2.05, 4.69) is 15.9 Å². The average molecular weight is 213 g/mol. The Morgan fingerprint density at radius 1 is 1.36 bits per heavy atom. The van der Waals surface area contributed by atoms with E-state index in [0.717, 1.165) is 11.8 Å². The van der Waals surface area contributed by atoms with Crippen LogP contribution in [-0.4, -0.2) is 6.29 Å². The zero-order chi connectivity index (χ0) is 8.32. The highest BCUT2D eigenvalue weighted by molar-refractivity contribution is 9.10. The van der Waals surface area contributed by atoms with Crippen LogP contribution in [0.25, 0.3) is 0 Å². The third-order valence-electron chi connectivity index (χ3n) is 1.56. The van der Waals surface area contributed by atoms with Crippen LogP contribution >= 0.6 is 15.9 Å². The minimum Gasteiger partial charge on any atom is -0.301 e. The molecule has 0 N–H and O–H groups in total. The van der Waals surface area contributed by atoms with Crippen LogP contribution in [0.4, 0.5) is 0 Å². The monoisotopic (exact) mass is 212 g/mol. The normalized spacial score (nSPS) is 15.5. The molecule has 0 aromatic heterocycles. The molecule has 11 heavy (non-hydrogen) atoms. The molecule has 0 bridgehead atoms. The summed E-state index contributed by atoms with van der Waals surface area (Å²) in [6.07, 6.45) is 0.891. The molecule has 1 rings (SSSR count). The molecule has 1 atom stereocenters. The van der Waals surface area contributed by atoms with Gasteiger partial charge in [-0.1, -0.05) is 46.3 Å².